The van der Waals surface area contributed by atoms with Crippen LogP contribution in [0.3, 0.4) is 0 Å². The van der Waals surface area contributed by atoms with Crippen molar-refractivity contribution in [3.63, 3.8) is 0 Å². The fourth-order valence-electron chi connectivity index (χ4n) is 2.46. The second kappa shape index (κ2) is 7.67. The highest BCUT2D eigenvalue weighted by Crippen LogP contribution is 2.29. The molecule has 6 nitrogen and oxygen atoms in total. The Balaban J connectivity index is 1.53. The van der Waals surface area contributed by atoms with E-state index >= 15 is 0 Å². The van der Waals surface area contributed by atoms with Crippen LogP contribution >= 0.6 is 23.1 Å². The van der Waals surface area contributed by atoms with Gasteiger partial charge in [-0.1, -0.05) is 29.1 Å². The molecule has 0 saturated carbocycles. The molecule has 0 aliphatic rings. The molecule has 0 N–H and O–H groups in total. The van der Waals surface area contributed by atoms with Crippen molar-refractivity contribution in [3.8, 4) is 22.0 Å². The van der Waals surface area contributed by atoms with Crippen LogP contribution in [0.4, 0.5) is 0 Å². The lowest BCUT2D eigenvalue weighted by Gasteiger charge is -2.06. The molecule has 0 fully saturated rings. The number of thiophene rings is 1. The lowest BCUT2D eigenvalue weighted by molar-refractivity contribution is 0.427. The zero-order valence-electron chi connectivity index (χ0n) is 13.8. The van der Waals surface area contributed by atoms with Crippen LogP contribution in [-0.4, -0.2) is 24.9 Å². The number of rotatable bonds is 7. The first kappa shape index (κ1) is 16.7. The number of allylic oxidation sites excluding steroid dienone is 1. The van der Waals surface area contributed by atoms with Crippen molar-refractivity contribution in [1.29, 1.82) is 0 Å². The van der Waals surface area contributed by atoms with Crippen LogP contribution in [0, 0.1) is 0 Å². The molecule has 0 spiro atoms. The molecule has 0 atom stereocenters. The van der Waals surface area contributed by atoms with Gasteiger partial charge in [0.2, 0.25) is 0 Å². The van der Waals surface area contributed by atoms with Crippen molar-refractivity contribution in [2.75, 3.05) is 0 Å². The maximum Gasteiger partial charge on any atom is 0.192 e. The van der Waals surface area contributed by atoms with Gasteiger partial charge in [0.15, 0.2) is 16.7 Å². The first-order valence-corrected chi connectivity index (χ1v) is 9.78. The summed E-state index contributed by atoms with van der Waals surface area (Å²) in [6.07, 6.45) is 5.33. The zero-order chi connectivity index (χ0) is 17.8. The van der Waals surface area contributed by atoms with Gasteiger partial charge in [0.25, 0.3) is 0 Å². The van der Waals surface area contributed by atoms with E-state index in [-0.39, 0.29) is 0 Å². The summed E-state index contributed by atoms with van der Waals surface area (Å²) in [5, 5.41) is 15.7. The highest BCUT2D eigenvalue weighted by Gasteiger charge is 2.15. The Kier molecular flexibility index (Phi) is 4.94. The number of aromatic nitrogens is 5. The molecular weight excluding hydrogens is 366 g/mol. The number of hydrogen-bond donors (Lipinski definition) is 0. The summed E-state index contributed by atoms with van der Waals surface area (Å²) in [4.78, 5) is 5.12. The molecule has 0 radical (unpaired) electrons. The molecule has 4 rings (SSSR count). The minimum Gasteiger partial charge on any atom is -0.355 e. The predicted octanol–water partition coefficient (Wildman–Crippen LogP) is 4.53. The Morgan fingerprint density at radius 2 is 2.12 bits per heavy atom. The van der Waals surface area contributed by atoms with Gasteiger partial charge >= 0.3 is 0 Å². The van der Waals surface area contributed by atoms with Gasteiger partial charge in [-0.15, -0.1) is 28.1 Å². The Bertz CT molecular complexity index is 992. The molecule has 26 heavy (non-hydrogen) atoms. The third kappa shape index (κ3) is 3.47. The largest absolute Gasteiger partial charge is 0.355 e. The minimum absolute atomic E-state index is 0.631. The lowest BCUT2D eigenvalue weighted by atomic mass is 10.2. The minimum atomic E-state index is 0.631. The van der Waals surface area contributed by atoms with Gasteiger partial charge in [-0.25, -0.2) is 0 Å². The summed E-state index contributed by atoms with van der Waals surface area (Å²) in [7, 11) is 0. The molecule has 0 saturated heterocycles. The number of pyridine rings is 1. The molecule has 0 amide bonds. The molecule has 0 bridgehead atoms. The van der Waals surface area contributed by atoms with E-state index in [1.54, 1.807) is 35.5 Å². The third-order valence-corrected chi connectivity index (χ3v) is 5.52. The van der Waals surface area contributed by atoms with Crippen molar-refractivity contribution in [1.82, 2.24) is 24.9 Å². The SMILES string of the molecule is C=CCn1c(SCc2cc(-c3cccs3)on2)nnc1-c1ccncc1. The van der Waals surface area contributed by atoms with Crippen LogP contribution < -0.4 is 0 Å². The number of hydrogen-bond acceptors (Lipinski definition) is 7. The Morgan fingerprint density at radius 1 is 1.23 bits per heavy atom. The van der Waals surface area contributed by atoms with E-state index in [9.17, 15) is 0 Å². The van der Waals surface area contributed by atoms with E-state index < -0.39 is 0 Å². The Labute approximate surface area is 158 Å². The lowest BCUT2D eigenvalue weighted by Crippen LogP contribution is -2.00. The third-order valence-electron chi connectivity index (χ3n) is 3.64. The van der Waals surface area contributed by atoms with E-state index in [0.717, 1.165) is 32.9 Å². The van der Waals surface area contributed by atoms with Gasteiger partial charge in [0.05, 0.1) is 10.6 Å². The second-order valence-electron chi connectivity index (χ2n) is 5.39. The molecule has 4 aromatic heterocycles. The summed E-state index contributed by atoms with van der Waals surface area (Å²) in [6.45, 7) is 4.47. The Hall–Kier alpha value is -2.71. The molecule has 0 unspecified atom stereocenters. The standard InChI is InChI=1S/C18H15N5OS2/c1-2-9-23-17(13-5-7-19-8-6-13)20-21-18(23)26-12-14-11-15(24-22-14)16-4-3-10-25-16/h2-8,10-11H,1,9,12H2. The van der Waals surface area contributed by atoms with Gasteiger partial charge in [-0.05, 0) is 23.6 Å². The van der Waals surface area contributed by atoms with Crippen LogP contribution in [0.25, 0.3) is 22.0 Å². The second-order valence-corrected chi connectivity index (χ2v) is 7.28. The molecule has 4 aromatic rings. The van der Waals surface area contributed by atoms with Crippen LogP contribution in [0.5, 0.6) is 0 Å². The van der Waals surface area contributed by atoms with Crippen molar-refractivity contribution in [2.45, 2.75) is 17.5 Å². The van der Waals surface area contributed by atoms with Crippen molar-refractivity contribution >= 4 is 23.1 Å². The van der Waals surface area contributed by atoms with E-state index in [4.69, 9.17) is 4.52 Å². The van der Waals surface area contributed by atoms with Crippen molar-refractivity contribution in [2.24, 2.45) is 0 Å². The van der Waals surface area contributed by atoms with Gasteiger partial charge in [0.1, 0.15) is 0 Å². The highest BCUT2D eigenvalue weighted by molar-refractivity contribution is 7.98. The fraction of sp³-hybridized carbons (Fsp3) is 0.111. The molecule has 130 valence electrons. The normalized spacial score (nSPS) is 10.9. The first-order chi connectivity index (χ1) is 12.8. The number of nitrogens with zero attached hydrogens (tertiary/aromatic N) is 5. The van der Waals surface area contributed by atoms with Crippen molar-refractivity contribution in [3.05, 3.63) is 66.5 Å². The molecular formula is C18H15N5OS2. The summed E-state index contributed by atoms with van der Waals surface area (Å²) in [5.74, 6) is 2.25. The molecule has 0 aliphatic carbocycles. The van der Waals surface area contributed by atoms with E-state index in [2.05, 4.69) is 26.9 Å². The van der Waals surface area contributed by atoms with Crippen LogP contribution in [0.1, 0.15) is 5.69 Å². The van der Waals surface area contributed by atoms with Gasteiger partial charge in [-0.3, -0.25) is 9.55 Å². The predicted molar refractivity (Wildman–Crippen MR) is 103 cm³/mol. The number of thioether (sulfide) groups is 1. The fourth-order valence-corrected chi connectivity index (χ4v) is 3.96. The van der Waals surface area contributed by atoms with Crippen LogP contribution in [-0.2, 0) is 12.3 Å². The maximum atomic E-state index is 5.43. The summed E-state index contributed by atoms with van der Waals surface area (Å²) < 4.78 is 7.47. The van der Waals surface area contributed by atoms with Crippen molar-refractivity contribution < 1.29 is 4.52 Å². The first-order valence-electron chi connectivity index (χ1n) is 7.92. The molecule has 4 heterocycles. The summed E-state index contributed by atoms with van der Waals surface area (Å²) in [5.41, 5.74) is 1.85. The Morgan fingerprint density at radius 3 is 2.88 bits per heavy atom. The van der Waals surface area contributed by atoms with E-state index in [1.807, 2.05) is 46.4 Å². The molecule has 8 heteroatoms. The monoisotopic (exact) mass is 381 g/mol. The average molecular weight is 381 g/mol. The topological polar surface area (TPSA) is 69.6 Å². The van der Waals surface area contributed by atoms with Crippen LogP contribution in [0.15, 0.2) is 70.4 Å². The van der Waals surface area contributed by atoms with Crippen LogP contribution in [0.2, 0.25) is 0 Å². The van der Waals surface area contributed by atoms with E-state index in [0.29, 0.717) is 12.3 Å². The smallest absolute Gasteiger partial charge is 0.192 e. The average Bonchev–Trinajstić information content (AvgIpc) is 3.42. The summed E-state index contributed by atoms with van der Waals surface area (Å²) >= 11 is 3.20. The zero-order valence-corrected chi connectivity index (χ0v) is 15.4. The van der Waals surface area contributed by atoms with Gasteiger partial charge < -0.3 is 4.52 Å². The maximum absolute atomic E-state index is 5.43. The van der Waals surface area contributed by atoms with Gasteiger partial charge in [-0.2, -0.15) is 0 Å². The highest BCUT2D eigenvalue weighted by atomic mass is 32.2. The summed E-state index contributed by atoms with van der Waals surface area (Å²) in [6, 6.07) is 9.82. The van der Waals surface area contributed by atoms with Gasteiger partial charge in [0, 0.05) is 36.3 Å². The molecule has 0 aliphatic heterocycles. The molecule has 0 aromatic carbocycles. The quantitative estimate of drug-likeness (QED) is 0.346. The van der Waals surface area contributed by atoms with E-state index in [1.165, 1.54) is 0 Å².